The number of nitrogens with two attached hydrogens (primary N) is 1. The number of hydrogen-bond acceptors (Lipinski definition) is 4. The third-order valence-electron chi connectivity index (χ3n) is 2.17. The predicted octanol–water partition coefficient (Wildman–Crippen LogP) is 2.81. The maximum atomic E-state index is 10.4. The van der Waals surface area contributed by atoms with E-state index in [1.165, 1.54) is 12.1 Å². The summed E-state index contributed by atoms with van der Waals surface area (Å²) in [5, 5.41) is 10.4. The van der Waals surface area contributed by atoms with Gasteiger partial charge in [-0.1, -0.05) is 13.3 Å². The van der Waals surface area contributed by atoms with Crippen LogP contribution in [0.25, 0.3) is 0 Å². The number of thioether (sulfide) groups is 1. The third-order valence-corrected chi connectivity index (χ3v) is 3.37. The monoisotopic (exact) mass is 240 g/mol. The minimum absolute atomic E-state index is 0.127. The normalized spacial score (nSPS) is 12.4. The molecule has 2 N–H and O–H groups in total. The number of rotatable bonds is 6. The lowest BCUT2D eigenvalue weighted by molar-refractivity contribution is -0.384. The molecule has 1 aromatic carbocycles. The fourth-order valence-corrected chi connectivity index (χ4v) is 2.22. The van der Waals surface area contributed by atoms with E-state index in [-0.39, 0.29) is 11.7 Å². The molecule has 4 nitrogen and oxygen atoms in total. The second-order valence-corrected chi connectivity index (χ2v) is 4.70. The molecule has 1 unspecified atom stereocenters. The lowest BCUT2D eigenvalue weighted by atomic mass is 10.2. The second-order valence-electron chi connectivity index (χ2n) is 3.61. The molecule has 1 rings (SSSR count). The van der Waals surface area contributed by atoms with Crippen molar-refractivity contribution in [2.45, 2.75) is 30.7 Å². The molecule has 16 heavy (non-hydrogen) atoms. The SMILES string of the molecule is CCCC(N)CSc1ccc([N+](=O)[O-])cc1. The van der Waals surface area contributed by atoms with Crippen LogP contribution in [0.4, 0.5) is 5.69 Å². The summed E-state index contributed by atoms with van der Waals surface area (Å²) in [4.78, 5) is 11.1. The van der Waals surface area contributed by atoms with Gasteiger partial charge in [-0.3, -0.25) is 10.1 Å². The van der Waals surface area contributed by atoms with Gasteiger partial charge in [0.25, 0.3) is 5.69 Å². The van der Waals surface area contributed by atoms with Gasteiger partial charge >= 0.3 is 0 Å². The molecule has 0 aliphatic heterocycles. The lowest BCUT2D eigenvalue weighted by Gasteiger charge is -2.09. The van der Waals surface area contributed by atoms with Crippen LogP contribution in [0.15, 0.2) is 29.2 Å². The molecule has 0 bridgehead atoms. The first-order valence-corrected chi connectivity index (χ1v) is 6.25. The molecule has 1 aromatic rings. The van der Waals surface area contributed by atoms with Gasteiger partial charge in [-0.15, -0.1) is 11.8 Å². The van der Waals surface area contributed by atoms with Crippen molar-refractivity contribution >= 4 is 17.4 Å². The number of nitro benzene ring substituents is 1. The van der Waals surface area contributed by atoms with Gasteiger partial charge in [-0.05, 0) is 18.6 Å². The Balaban J connectivity index is 2.46. The van der Waals surface area contributed by atoms with Crippen molar-refractivity contribution in [2.75, 3.05) is 5.75 Å². The number of non-ortho nitro benzene ring substituents is 1. The Morgan fingerprint density at radius 1 is 1.44 bits per heavy atom. The average molecular weight is 240 g/mol. The van der Waals surface area contributed by atoms with Crippen molar-refractivity contribution in [3.05, 3.63) is 34.4 Å². The Labute approximate surface area is 99.4 Å². The predicted molar refractivity (Wildman–Crippen MR) is 66.7 cm³/mol. The zero-order valence-electron chi connectivity index (χ0n) is 9.26. The smallest absolute Gasteiger partial charge is 0.269 e. The van der Waals surface area contributed by atoms with Crippen molar-refractivity contribution < 1.29 is 4.92 Å². The van der Waals surface area contributed by atoms with Gasteiger partial charge in [0.1, 0.15) is 0 Å². The second kappa shape index (κ2) is 6.50. The summed E-state index contributed by atoms with van der Waals surface area (Å²) in [6.45, 7) is 2.11. The van der Waals surface area contributed by atoms with Crippen molar-refractivity contribution in [3.63, 3.8) is 0 Å². The van der Waals surface area contributed by atoms with E-state index in [0.29, 0.717) is 0 Å². The van der Waals surface area contributed by atoms with Crippen LogP contribution in [0, 0.1) is 10.1 Å². The van der Waals surface area contributed by atoms with Crippen molar-refractivity contribution in [1.29, 1.82) is 0 Å². The highest BCUT2D eigenvalue weighted by Gasteiger charge is 2.05. The van der Waals surface area contributed by atoms with E-state index in [4.69, 9.17) is 5.73 Å². The molecule has 1 atom stereocenters. The molecule has 0 heterocycles. The van der Waals surface area contributed by atoms with Crippen molar-refractivity contribution in [3.8, 4) is 0 Å². The molecule has 0 saturated heterocycles. The Morgan fingerprint density at radius 2 is 2.06 bits per heavy atom. The standard InChI is InChI=1S/C11H16N2O2S/c1-2-3-9(12)8-16-11-6-4-10(5-7-11)13(14)15/h4-7,9H,2-3,8,12H2,1H3. The summed E-state index contributed by atoms with van der Waals surface area (Å²) in [7, 11) is 0. The van der Waals surface area contributed by atoms with E-state index in [1.807, 2.05) is 0 Å². The van der Waals surface area contributed by atoms with Crippen molar-refractivity contribution in [1.82, 2.24) is 0 Å². The molecular weight excluding hydrogens is 224 g/mol. The third kappa shape index (κ3) is 4.20. The zero-order valence-corrected chi connectivity index (χ0v) is 10.1. The Morgan fingerprint density at radius 3 is 2.56 bits per heavy atom. The van der Waals surface area contributed by atoms with Gasteiger partial charge in [0.2, 0.25) is 0 Å². The van der Waals surface area contributed by atoms with Gasteiger partial charge in [-0.25, -0.2) is 0 Å². The number of nitro groups is 1. The zero-order chi connectivity index (χ0) is 12.0. The molecule has 0 saturated carbocycles. The van der Waals surface area contributed by atoms with E-state index < -0.39 is 4.92 Å². The Hall–Kier alpha value is -1.07. The van der Waals surface area contributed by atoms with E-state index in [1.54, 1.807) is 23.9 Å². The molecule has 88 valence electrons. The van der Waals surface area contributed by atoms with Gasteiger partial charge < -0.3 is 5.73 Å². The molecule has 0 aliphatic carbocycles. The van der Waals surface area contributed by atoms with Crippen LogP contribution in [0.2, 0.25) is 0 Å². The summed E-state index contributed by atoms with van der Waals surface area (Å²) >= 11 is 1.64. The van der Waals surface area contributed by atoms with Crippen LogP contribution in [-0.4, -0.2) is 16.7 Å². The summed E-state index contributed by atoms with van der Waals surface area (Å²) < 4.78 is 0. The van der Waals surface area contributed by atoms with Crippen LogP contribution in [0.3, 0.4) is 0 Å². The summed E-state index contributed by atoms with van der Waals surface area (Å²) in [6.07, 6.45) is 2.10. The van der Waals surface area contributed by atoms with E-state index in [2.05, 4.69) is 6.92 Å². The summed E-state index contributed by atoms with van der Waals surface area (Å²) in [6, 6.07) is 6.77. The highest BCUT2D eigenvalue weighted by Crippen LogP contribution is 2.22. The summed E-state index contributed by atoms with van der Waals surface area (Å²) in [5.41, 5.74) is 6.01. The average Bonchev–Trinajstić information content (AvgIpc) is 2.27. The molecular formula is C11H16N2O2S. The number of nitrogens with zero attached hydrogens (tertiary/aromatic N) is 1. The quantitative estimate of drug-likeness (QED) is 0.471. The molecule has 0 fully saturated rings. The molecule has 0 radical (unpaired) electrons. The topological polar surface area (TPSA) is 69.2 Å². The highest BCUT2D eigenvalue weighted by molar-refractivity contribution is 7.99. The van der Waals surface area contributed by atoms with Crippen LogP contribution >= 0.6 is 11.8 Å². The summed E-state index contributed by atoms with van der Waals surface area (Å²) in [5.74, 6) is 0.853. The van der Waals surface area contributed by atoms with Crippen molar-refractivity contribution in [2.24, 2.45) is 5.73 Å². The molecule has 0 aromatic heterocycles. The van der Waals surface area contributed by atoms with E-state index >= 15 is 0 Å². The number of benzene rings is 1. The fourth-order valence-electron chi connectivity index (χ4n) is 1.32. The van der Waals surface area contributed by atoms with Gasteiger partial charge in [0, 0.05) is 28.8 Å². The highest BCUT2D eigenvalue weighted by atomic mass is 32.2. The van der Waals surface area contributed by atoms with Gasteiger partial charge in [0.15, 0.2) is 0 Å². The first-order valence-electron chi connectivity index (χ1n) is 5.26. The maximum absolute atomic E-state index is 10.4. The molecule has 0 amide bonds. The molecule has 0 aliphatic rings. The molecule has 5 heteroatoms. The van der Waals surface area contributed by atoms with E-state index in [0.717, 1.165) is 23.5 Å². The Bertz CT molecular complexity index is 340. The van der Waals surface area contributed by atoms with Crippen LogP contribution in [0.5, 0.6) is 0 Å². The minimum atomic E-state index is -0.392. The fraction of sp³-hybridized carbons (Fsp3) is 0.455. The maximum Gasteiger partial charge on any atom is 0.269 e. The van der Waals surface area contributed by atoms with Crippen LogP contribution in [-0.2, 0) is 0 Å². The Kier molecular flexibility index (Phi) is 5.28. The van der Waals surface area contributed by atoms with E-state index in [9.17, 15) is 10.1 Å². The number of hydrogen-bond donors (Lipinski definition) is 1. The van der Waals surface area contributed by atoms with Crippen LogP contribution < -0.4 is 5.73 Å². The minimum Gasteiger partial charge on any atom is -0.327 e. The molecule has 0 spiro atoms. The van der Waals surface area contributed by atoms with Gasteiger partial charge in [0.05, 0.1) is 4.92 Å². The van der Waals surface area contributed by atoms with Gasteiger partial charge in [-0.2, -0.15) is 0 Å². The van der Waals surface area contributed by atoms with Crippen LogP contribution in [0.1, 0.15) is 19.8 Å². The first kappa shape index (κ1) is 13.0. The first-order chi connectivity index (χ1) is 7.63. The lowest BCUT2D eigenvalue weighted by Crippen LogP contribution is -2.22. The largest absolute Gasteiger partial charge is 0.327 e.